The highest BCUT2D eigenvalue weighted by Gasteiger charge is 2.26. The van der Waals surface area contributed by atoms with Gasteiger partial charge in [0, 0.05) is 29.3 Å². The summed E-state index contributed by atoms with van der Waals surface area (Å²) in [5, 5.41) is 0. The van der Waals surface area contributed by atoms with Crippen LogP contribution in [0.25, 0.3) is 0 Å². The SMILES string of the molecule is CC1CCCCCN1C(=O)c1cc(Br)cn1C(C)C. The van der Waals surface area contributed by atoms with Crippen LogP contribution < -0.4 is 0 Å². The van der Waals surface area contributed by atoms with Crippen LogP contribution in [0.5, 0.6) is 0 Å². The molecule has 4 heteroatoms. The molecule has 19 heavy (non-hydrogen) atoms. The Morgan fingerprint density at radius 1 is 1.37 bits per heavy atom. The number of aromatic nitrogens is 1. The minimum atomic E-state index is 0.175. The number of carbonyl (C=O) groups is 1. The first-order chi connectivity index (χ1) is 9.00. The highest BCUT2D eigenvalue weighted by atomic mass is 79.9. The maximum atomic E-state index is 12.8. The Hall–Kier alpha value is -0.770. The number of nitrogens with zero attached hydrogens (tertiary/aromatic N) is 2. The molecule has 1 aromatic heterocycles. The quantitative estimate of drug-likeness (QED) is 0.798. The van der Waals surface area contributed by atoms with E-state index < -0.39 is 0 Å². The van der Waals surface area contributed by atoms with Crippen LogP contribution in [0.1, 0.15) is 63.0 Å². The van der Waals surface area contributed by atoms with Gasteiger partial charge in [0.15, 0.2) is 0 Å². The van der Waals surface area contributed by atoms with E-state index in [0.29, 0.717) is 12.1 Å². The normalized spacial score (nSPS) is 20.7. The summed E-state index contributed by atoms with van der Waals surface area (Å²) in [6, 6.07) is 2.59. The molecule has 1 aliphatic heterocycles. The van der Waals surface area contributed by atoms with E-state index >= 15 is 0 Å². The largest absolute Gasteiger partial charge is 0.340 e. The van der Waals surface area contributed by atoms with Crippen molar-refractivity contribution in [3.05, 3.63) is 22.4 Å². The second kappa shape index (κ2) is 6.12. The third kappa shape index (κ3) is 3.22. The van der Waals surface area contributed by atoms with Gasteiger partial charge in [0.25, 0.3) is 5.91 Å². The Balaban J connectivity index is 2.27. The van der Waals surface area contributed by atoms with E-state index in [0.717, 1.165) is 29.6 Å². The van der Waals surface area contributed by atoms with Gasteiger partial charge in [-0.15, -0.1) is 0 Å². The Morgan fingerprint density at radius 2 is 2.11 bits per heavy atom. The molecule has 106 valence electrons. The van der Waals surface area contributed by atoms with Crippen molar-refractivity contribution < 1.29 is 4.79 Å². The molecular formula is C15H23BrN2O. The number of halogens is 1. The fraction of sp³-hybridized carbons (Fsp3) is 0.667. The van der Waals surface area contributed by atoms with E-state index in [9.17, 15) is 4.79 Å². The van der Waals surface area contributed by atoms with Crippen molar-refractivity contribution in [2.45, 2.75) is 58.5 Å². The van der Waals surface area contributed by atoms with Crippen LogP contribution >= 0.6 is 15.9 Å². The van der Waals surface area contributed by atoms with Crippen LogP contribution in [0.15, 0.2) is 16.7 Å². The van der Waals surface area contributed by atoms with Crippen molar-refractivity contribution in [1.29, 1.82) is 0 Å². The number of likely N-dealkylation sites (tertiary alicyclic amines) is 1. The molecule has 2 rings (SSSR count). The van der Waals surface area contributed by atoms with E-state index in [1.165, 1.54) is 12.8 Å². The van der Waals surface area contributed by atoms with E-state index in [-0.39, 0.29) is 5.91 Å². The van der Waals surface area contributed by atoms with Crippen molar-refractivity contribution in [2.75, 3.05) is 6.54 Å². The zero-order valence-electron chi connectivity index (χ0n) is 12.0. The van der Waals surface area contributed by atoms with E-state index in [1.807, 2.05) is 17.2 Å². The van der Waals surface area contributed by atoms with E-state index in [4.69, 9.17) is 0 Å². The standard InChI is InChI=1S/C15H23BrN2O/c1-11(2)18-10-13(16)9-14(18)15(19)17-8-6-4-5-7-12(17)3/h9-12H,4-8H2,1-3H3. The third-order valence-electron chi connectivity index (χ3n) is 3.90. The second-order valence-electron chi connectivity index (χ2n) is 5.74. The molecular weight excluding hydrogens is 304 g/mol. The minimum Gasteiger partial charge on any atom is -0.340 e. The van der Waals surface area contributed by atoms with Gasteiger partial charge in [-0.05, 0) is 55.6 Å². The van der Waals surface area contributed by atoms with Gasteiger partial charge in [0.1, 0.15) is 5.69 Å². The summed E-state index contributed by atoms with van der Waals surface area (Å²) in [7, 11) is 0. The molecule has 1 fully saturated rings. The van der Waals surface area contributed by atoms with Crippen LogP contribution in [-0.4, -0.2) is 28.0 Å². The maximum Gasteiger partial charge on any atom is 0.270 e. The summed E-state index contributed by atoms with van der Waals surface area (Å²) in [4.78, 5) is 14.8. The predicted octanol–water partition coefficient (Wildman–Crippen LogP) is 4.24. The van der Waals surface area contributed by atoms with Gasteiger partial charge in [-0.25, -0.2) is 0 Å². The van der Waals surface area contributed by atoms with Gasteiger partial charge in [-0.3, -0.25) is 4.79 Å². The Labute approximate surface area is 124 Å². The molecule has 0 saturated carbocycles. The first-order valence-electron chi connectivity index (χ1n) is 7.19. The van der Waals surface area contributed by atoms with Gasteiger partial charge in [0.05, 0.1) is 0 Å². The van der Waals surface area contributed by atoms with Crippen molar-refractivity contribution >= 4 is 21.8 Å². The summed E-state index contributed by atoms with van der Waals surface area (Å²) in [5.41, 5.74) is 0.802. The third-order valence-corrected chi connectivity index (χ3v) is 4.34. The maximum absolute atomic E-state index is 12.8. The van der Waals surface area contributed by atoms with Gasteiger partial charge in [-0.2, -0.15) is 0 Å². The molecule has 1 atom stereocenters. The summed E-state index contributed by atoms with van der Waals surface area (Å²) < 4.78 is 3.04. The number of hydrogen-bond acceptors (Lipinski definition) is 1. The molecule has 0 aliphatic carbocycles. The summed E-state index contributed by atoms with van der Waals surface area (Å²) in [6.07, 6.45) is 6.72. The van der Waals surface area contributed by atoms with Gasteiger partial charge < -0.3 is 9.47 Å². The lowest BCUT2D eigenvalue weighted by molar-refractivity contribution is 0.0685. The zero-order chi connectivity index (χ0) is 14.0. The van der Waals surface area contributed by atoms with E-state index in [1.54, 1.807) is 0 Å². The summed E-state index contributed by atoms with van der Waals surface area (Å²) >= 11 is 3.48. The van der Waals surface area contributed by atoms with Gasteiger partial charge >= 0.3 is 0 Å². The Kier molecular flexibility index (Phi) is 4.71. The highest BCUT2D eigenvalue weighted by molar-refractivity contribution is 9.10. The van der Waals surface area contributed by atoms with Gasteiger partial charge in [-0.1, -0.05) is 12.8 Å². The van der Waals surface area contributed by atoms with Crippen LogP contribution in [0, 0.1) is 0 Å². The van der Waals surface area contributed by atoms with Crippen LogP contribution in [-0.2, 0) is 0 Å². The second-order valence-corrected chi connectivity index (χ2v) is 6.66. The van der Waals surface area contributed by atoms with Crippen molar-refractivity contribution in [1.82, 2.24) is 9.47 Å². The molecule has 0 aromatic carbocycles. The monoisotopic (exact) mass is 326 g/mol. The molecule has 1 saturated heterocycles. The van der Waals surface area contributed by atoms with Crippen molar-refractivity contribution in [2.24, 2.45) is 0 Å². The zero-order valence-corrected chi connectivity index (χ0v) is 13.6. The molecule has 0 spiro atoms. The Morgan fingerprint density at radius 3 is 2.79 bits per heavy atom. The molecule has 1 amide bonds. The van der Waals surface area contributed by atoms with Gasteiger partial charge in [0.2, 0.25) is 0 Å². The van der Waals surface area contributed by atoms with Crippen molar-refractivity contribution in [3.8, 4) is 0 Å². The number of rotatable bonds is 2. The Bertz CT molecular complexity index is 453. The molecule has 1 aromatic rings. The average molecular weight is 327 g/mol. The summed E-state index contributed by atoms with van der Waals surface area (Å²) in [6.45, 7) is 7.27. The smallest absolute Gasteiger partial charge is 0.270 e. The van der Waals surface area contributed by atoms with Crippen LogP contribution in [0.2, 0.25) is 0 Å². The summed E-state index contributed by atoms with van der Waals surface area (Å²) in [5.74, 6) is 0.175. The molecule has 1 unspecified atom stereocenters. The first kappa shape index (κ1) is 14.6. The molecule has 1 aliphatic rings. The molecule has 0 radical (unpaired) electrons. The topological polar surface area (TPSA) is 25.2 Å². The molecule has 2 heterocycles. The number of hydrogen-bond donors (Lipinski definition) is 0. The predicted molar refractivity (Wildman–Crippen MR) is 81.5 cm³/mol. The van der Waals surface area contributed by atoms with Crippen LogP contribution in [0.4, 0.5) is 0 Å². The van der Waals surface area contributed by atoms with Crippen LogP contribution in [0.3, 0.4) is 0 Å². The lowest BCUT2D eigenvalue weighted by Crippen LogP contribution is -2.39. The fourth-order valence-corrected chi connectivity index (χ4v) is 3.21. The van der Waals surface area contributed by atoms with Crippen molar-refractivity contribution in [3.63, 3.8) is 0 Å². The average Bonchev–Trinajstić information content (AvgIpc) is 2.62. The fourth-order valence-electron chi connectivity index (χ4n) is 2.77. The molecule has 0 bridgehead atoms. The minimum absolute atomic E-state index is 0.175. The van der Waals surface area contributed by atoms with E-state index in [2.05, 4.69) is 41.3 Å². The lowest BCUT2D eigenvalue weighted by atomic mass is 10.1. The lowest BCUT2D eigenvalue weighted by Gasteiger charge is -2.28. The molecule has 3 nitrogen and oxygen atoms in total. The first-order valence-corrected chi connectivity index (χ1v) is 7.98. The highest BCUT2D eigenvalue weighted by Crippen LogP contribution is 2.24. The number of carbonyl (C=O) groups excluding carboxylic acids is 1. The number of amides is 1. The molecule has 0 N–H and O–H groups in total.